The molecule has 5 rings (SSSR count). The highest BCUT2D eigenvalue weighted by Crippen LogP contribution is 2.52. The molecule has 3 heterocycles. The van der Waals surface area contributed by atoms with Gasteiger partial charge >= 0.3 is 0 Å². The standard InChI is InChI=1S/C21H19N3/c1-14-11-19-21(22-13-14)24-18-10-6-4-8-16(18)12-20(24)23(19)17-9-5-3-7-15(17)2/h3-11,13,20H,12H2,1-2H3. The largest absolute Gasteiger partial charge is 0.316 e. The van der Waals surface area contributed by atoms with Crippen molar-refractivity contribution in [3.05, 3.63) is 77.5 Å². The highest BCUT2D eigenvalue weighted by molar-refractivity contribution is 5.89. The van der Waals surface area contributed by atoms with Crippen LogP contribution in [0.25, 0.3) is 0 Å². The van der Waals surface area contributed by atoms with Crippen LogP contribution >= 0.6 is 0 Å². The van der Waals surface area contributed by atoms with Crippen LogP contribution in [0.2, 0.25) is 0 Å². The lowest BCUT2D eigenvalue weighted by atomic mass is 10.1. The number of benzene rings is 2. The van der Waals surface area contributed by atoms with Crippen molar-refractivity contribution in [1.29, 1.82) is 0 Å². The Bertz CT molecular complexity index is 947. The van der Waals surface area contributed by atoms with Crippen molar-refractivity contribution in [3.63, 3.8) is 0 Å². The van der Waals surface area contributed by atoms with E-state index in [1.54, 1.807) is 0 Å². The average molecular weight is 313 g/mol. The second kappa shape index (κ2) is 4.84. The average Bonchev–Trinajstić information content (AvgIpc) is 3.09. The molecule has 3 nitrogen and oxygen atoms in total. The van der Waals surface area contributed by atoms with Crippen molar-refractivity contribution in [3.8, 4) is 0 Å². The summed E-state index contributed by atoms with van der Waals surface area (Å²) in [6.45, 7) is 4.30. The van der Waals surface area contributed by atoms with E-state index in [0.717, 1.165) is 12.2 Å². The van der Waals surface area contributed by atoms with Crippen molar-refractivity contribution < 1.29 is 0 Å². The third-order valence-corrected chi connectivity index (χ3v) is 5.10. The number of pyridine rings is 1. The van der Waals surface area contributed by atoms with Crippen LogP contribution in [0.1, 0.15) is 16.7 Å². The van der Waals surface area contributed by atoms with Gasteiger partial charge in [-0.25, -0.2) is 4.98 Å². The van der Waals surface area contributed by atoms with Crippen LogP contribution in [0.4, 0.5) is 22.9 Å². The first-order valence-corrected chi connectivity index (χ1v) is 8.43. The maximum atomic E-state index is 4.79. The number of nitrogens with zero attached hydrogens (tertiary/aromatic N) is 3. The lowest BCUT2D eigenvalue weighted by molar-refractivity contribution is 0.725. The summed E-state index contributed by atoms with van der Waals surface area (Å²) < 4.78 is 0. The normalized spacial score (nSPS) is 17.7. The maximum absolute atomic E-state index is 4.79. The van der Waals surface area contributed by atoms with Gasteiger partial charge in [0.15, 0.2) is 5.82 Å². The Balaban J connectivity index is 1.76. The van der Waals surface area contributed by atoms with Gasteiger partial charge in [-0.15, -0.1) is 0 Å². The topological polar surface area (TPSA) is 19.4 Å². The number of aryl methyl sites for hydroxylation is 2. The smallest absolute Gasteiger partial charge is 0.158 e. The van der Waals surface area contributed by atoms with E-state index in [2.05, 4.69) is 78.2 Å². The molecule has 0 saturated carbocycles. The van der Waals surface area contributed by atoms with Crippen molar-refractivity contribution in [2.24, 2.45) is 0 Å². The number of para-hydroxylation sites is 2. The Kier molecular flexibility index (Phi) is 2.75. The van der Waals surface area contributed by atoms with E-state index >= 15 is 0 Å². The van der Waals surface area contributed by atoms with Gasteiger partial charge in [-0.2, -0.15) is 0 Å². The fourth-order valence-corrected chi connectivity index (χ4v) is 4.02. The van der Waals surface area contributed by atoms with E-state index in [0.29, 0.717) is 0 Å². The van der Waals surface area contributed by atoms with Crippen LogP contribution < -0.4 is 9.80 Å². The number of rotatable bonds is 1. The fourth-order valence-electron chi connectivity index (χ4n) is 4.02. The molecular weight excluding hydrogens is 294 g/mol. The molecule has 0 amide bonds. The summed E-state index contributed by atoms with van der Waals surface area (Å²) in [5, 5.41) is 0. The molecular formula is C21H19N3. The van der Waals surface area contributed by atoms with Crippen LogP contribution in [-0.4, -0.2) is 11.1 Å². The molecule has 2 aliphatic rings. The number of fused-ring (bicyclic) bond motifs is 5. The number of anilines is 4. The van der Waals surface area contributed by atoms with Crippen LogP contribution in [0.15, 0.2) is 60.8 Å². The molecule has 3 heteroatoms. The first-order valence-electron chi connectivity index (χ1n) is 8.43. The minimum atomic E-state index is 0.271. The van der Waals surface area contributed by atoms with E-state index < -0.39 is 0 Å². The third kappa shape index (κ3) is 1.75. The molecule has 2 aromatic carbocycles. The van der Waals surface area contributed by atoms with Gasteiger partial charge in [-0.1, -0.05) is 36.4 Å². The van der Waals surface area contributed by atoms with Crippen LogP contribution in [0, 0.1) is 13.8 Å². The van der Waals surface area contributed by atoms with Gasteiger partial charge in [0, 0.05) is 24.0 Å². The molecule has 0 radical (unpaired) electrons. The predicted molar refractivity (Wildman–Crippen MR) is 98.4 cm³/mol. The van der Waals surface area contributed by atoms with E-state index in [1.807, 2.05) is 6.20 Å². The molecule has 2 aliphatic heterocycles. The van der Waals surface area contributed by atoms with Crippen molar-refractivity contribution >= 4 is 22.9 Å². The number of hydrogen-bond acceptors (Lipinski definition) is 3. The highest BCUT2D eigenvalue weighted by atomic mass is 15.5. The molecule has 1 atom stereocenters. The summed E-state index contributed by atoms with van der Waals surface area (Å²) in [5.41, 5.74) is 7.66. The van der Waals surface area contributed by atoms with E-state index in [9.17, 15) is 0 Å². The van der Waals surface area contributed by atoms with Crippen molar-refractivity contribution in [1.82, 2.24) is 4.98 Å². The van der Waals surface area contributed by atoms with Gasteiger partial charge in [0.2, 0.25) is 0 Å². The zero-order valence-corrected chi connectivity index (χ0v) is 13.9. The number of aromatic nitrogens is 1. The van der Waals surface area contributed by atoms with Gasteiger partial charge in [0.1, 0.15) is 6.17 Å². The Labute approximate surface area is 142 Å². The SMILES string of the molecule is Cc1cnc2c(c1)N(c1ccccc1C)C1Cc3ccccc3N21. The zero-order valence-electron chi connectivity index (χ0n) is 13.9. The minimum Gasteiger partial charge on any atom is -0.316 e. The Hall–Kier alpha value is -2.81. The Morgan fingerprint density at radius 3 is 2.46 bits per heavy atom. The molecule has 0 bridgehead atoms. The zero-order chi connectivity index (χ0) is 16.3. The van der Waals surface area contributed by atoms with Crippen LogP contribution in [0.5, 0.6) is 0 Å². The second-order valence-corrected chi connectivity index (χ2v) is 6.70. The third-order valence-electron chi connectivity index (χ3n) is 5.10. The van der Waals surface area contributed by atoms with Gasteiger partial charge < -0.3 is 9.80 Å². The van der Waals surface area contributed by atoms with Crippen molar-refractivity contribution in [2.75, 3.05) is 9.80 Å². The molecule has 118 valence electrons. The highest BCUT2D eigenvalue weighted by Gasteiger charge is 2.44. The number of hydrogen-bond donors (Lipinski definition) is 0. The molecule has 24 heavy (non-hydrogen) atoms. The summed E-state index contributed by atoms with van der Waals surface area (Å²) in [6, 6.07) is 19.6. The van der Waals surface area contributed by atoms with E-state index in [-0.39, 0.29) is 6.17 Å². The molecule has 0 N–H and O–H groups in total. The first-order chi connectivity index (χ1) is 11.7. The molecule has 0 aliphatic carbocycles. The quantitative estimate of drug-likeness (QED) is 0.639. The minimum absolute atomic E-state index is 0.271. The summed E-state index contributed by atoms with van der Waals surface area (Å²) in [5.74, 6) is 1.07. The molecule has 0 fully saturated rings. The summed E-state index contributed by atoms with van der Waals surface area (Å²) >= 11 is 0. The second-order valence-electron chi connectivity index (χ2n) is 6.70. The molecule has 0 saturated heterocycles. The van der Waals surface area contributed by atoms with E-state index in [1.165, 1.54) is 33.8 Å². The van der Waals surface area contributed by atoms with Gasteiger partial charge in [-0.3, -0.25) is 0 Å². The Morgan fingerprint density at radius 1 is 0.875 bits per heavy atom. The van der Waals surface area contributed by atoms with Crippen molar-refractivity contribution in [2.45, 2.75) is 26.4 Å². The maximum Gasteiger partial charge on any atom is 0.158 e. The summed E-state index contributed by atoms with van der Waals surface area (Å²) in [7, 11) is 0. The summed E-state index contributed by atoms with van der Waals surface area (Å²) in [6.07, 6.45) is 3.26. The fraction of sp³-hybridized carbons (Fsp3) is 0.190. The van der Waals surface area contributed by atoms with Crippen LogP contribution in [-0.2, 0) is 6.42 Å². The van der Waals surface area contributed by atoms with Crippen LogP contribution in [0.3, 0.4) is 0 Å². The van der Waals surface area contributed by atoms with Gasteiger partial charge in [0.25, 0.3) is 0 Å². The lowest BCUT2D eigenvalue weighted by Crippen LogP contribution is -2.36. The first kappa shape index (κ1) is 13.6. The summed E-state index contributed by atoms with van der Waals surface area (Å²) in [4.78, 5) is 9.65. The van der Waals surface area contributed by atoms with E-state index in [4.69, 9.17) is 4.98 Å². The monoisotopic (exact) mass is 313 g/mol. The molecule has 3 aromatic rings. The predicted octanol–water partition coefficient (Wildman–Crippen LogP) is 4.87. The Morgan fingerprint density at radius 2 is 1.62 bits per heavy atom. The lowest BCUT2D eigenvalue weighted by Gasteiger charge is -2.28. The molecule has 1 aromatic heterocycles. The van der Waals surface area contributed by atoms with Gasteiger partial charge in [-0.05, 0) is 48.7 Å². The molecule has 0 spiro atoms. The van der Waals surface area contributed by atoms with Gasteiger partial charge in [0.05, 0.1) is 5.69 Å². The molecule has 1 unspecified atom stereocenters.